The number of carbonyl (C=O) groups is 2. The Labute approximate surface area is 143 Å². The summed E-state index contributed by atoms with van der Waals surface area (Å²) in [6.45, 7) is 3.11. The molecule has 0 fully saturated rings. The van der Waals surface area contributed by atoms with Crippen LogP contribution in [0, 0.1) is 13.8 Å². The third-order valence-corrected chi connectivity index (χ3v) is 3.55. The summed E-state index contributed by atoms with van der Waals surface area (Å²) in [6, 6.07) is 7.71. The fourth-order valence-electron chi connectivity index (χ4n) is 2.13. The maximum atomic E-state index is 12.0. The fourth-order valence-corrected chi connectivity index (χ4v) is 2.36. The van der Waals surface area contributed by atoms with E-state index in [0.29, 0.717) is 16.3 Å². The van der Waals surface area contributed by atoms with Crippen molar-refractivity contribution in [1.29, 1.82) is 0 Å². The van der Waals surface area contributed by atoms with E-state index in [-0.39, 0.29) is 23.6 Å². The van der Waals surface area contributed by atoms with Gasteiger partial charge in [-0.25, -0.2) is 4.79 Å². The van der Waals surface area contributed by atoms with Gasteiger partial charge in [-0.2, -0.15) is 0 Å². The lowest BCUT2D eigenvalue weighted by molar-refractivity contribution is -0.118. The molecule has 0 aromatic heterocycles. The lowest BCUT2D eigenvalue weighted by Gasteiger charge is -2.11. The van der Waals surface area contributed by atoms with Gasteiger partial charge in [-0.05, 0) is 55.3 Å². The van der Waals surface area contributed by atoms with E-state index >= 15 is 0 Å². The molecule has 0 heterocycles. The van der Waals surface area contributed by atoms with Gasteiger partial charge in [0.05, 0.1) is 0 Å². The quantitative estimate of drug-likeness (QED) is 0.719. The minimum atomic E-state index is -1.28. The first-order valence-corrected chi connectivity index (χ1v) is 7.41. The summed E-state index contributed by atoms with van der Waals surface area (Å²) in [5.41, 5.74) is 1.13. The summed E-state index contributed by atoms with van der Waals surface area (Å²) in [6.07, 6.45) is 0. The van der Waals surface area contributed by atoms with Crippen molar-refractivity contribution in [3.05, 3.63) is 52.0 Å². The Bertz CT molecular complexity index is 804. The van der Waals surface area contributed by atoms with Crippen molar-refractivity contribution >= 4 is 29.2 Å². The topological polar surface area (TPSA) is 95.9 Å². The standard InChI is InChI=1S/C17H16ClNO5/c1-9-5-11(18)3-4-14(9)24-8-15(20)19-12-6-10(2)16(21)13(7-12)17(22)23/h3-7,21H,8H2,1-2H3,(H,19,20)(H,22,23). The second kappa shape index (κ2) is 7.23. The molecule has 3 N–H and O–H groups in total. The number of carbonyl (C=O) groups excluding carboxylic acids is 1. The number of ether oxygens (including phenoxy) is 1. The van der Waals surface area contributed by atoms with Gasteiger partial charge in [0, 0.05) is 10.7 Å². The zero-order valence-corrected chi connectivity index (χ0v) is 13.8. The highest BCUT2D eigenvalue weighted by Gasteiger charge is 2.15. The molecule has 0 spiro atoms. The number of benzene rings is 2. The molecule has 0 radical (unpaired) electrons. The number of halogens is 1. The summed E-state index contributed by atoms with van der Waals surface area (Å²) in [7, 11) is 0. The van der Waals surface area contributed by atoms with Crippen molar-refractivity contribution in [2.75, 3.05) is 11.9 Å². The van der Waals surface area contributed by atoms with Gasteiger partial charge in [-0.1, -0.05) is 11.6 Å². The Kier molecular flexibility index (Phi) is 5.31. The molecule has 6 nitrogen and oxygen atoms in total. The number of anilines is 1. The summed E-state index contributed by atoms with van der Waals surface area (Å²) in [5.74, 6) is -1.53. The van der Waals surface area contributed by atoms with Crippen molar-refractivity contribution in [2.45, 2.75) is 13.8 Å². The first-order chi connectivity index (χ1) is 11.3. The lowest BCUT2D eigenvalue weighted by Crippen LogP contribution is -2.20. The average molecular weight is 350 g/mol. The summed E-state index contributed by atoms with van der Waals surface area (Å²) in [5, 5.41) is 21.9. The Morgan fingerprint density at radius 3 is 2.50 bits per heavy atom. The van der Waals surface area contributed by atoms with Crippen molar-refractivity contribution in [1.82, 2.24) is 0 Å². The monoisotopic (exact) mass is 349 g/mol. The molecule has 24 heavy (non-hydrogen) atoms. The molecule has 2 aromatic carbocycles. The van der Waals surface area contributed by atoms with Gasteiger partial charge in [0.15, 0.2) is 6.61 Å². The molecule has 2 aromatic rings. The number of phenols is 1. The van der Waals surface area contributed by atoms with Crippen molar-refractivity contribution < 1.29 is 24.5 Å². The zero-order chi connectivity index (χ0) is 17.9. The van der Waals surface area contributed by atoms with E-state index in [4.69, 9.17) is 21.4 Å². The summed E-state index contributed by atoms with van der Waals surface area (Å²) < 4.78 is 5.42. The van der Waals surface area contributed by atoms with Crippen LogP contribution in [-0.2, 0) is 4.79 Å². The number of nitrogens with one attached hydrogen (secondary N) is 1. The third-order valence-electron chi connectivity index (χ3n) is 3.31. The highest BCUT2D eigenvalue weighted by Crippen LogP contribution is 2.26. The molecular formula is C17H16ClNO5. The second-order valence-corrected chi connectivity index (χ2v) is 5.68. The molecule has 0 aliphatic heterocycles. The van der Waals surface area contributed by atoms with Gasteiger partial charge < -0.3 is 20.3 Å². The molecule has 0 saturated heterocycles. The summed E-state index contributed by atoms with van der Waals surface area (Å²) in [4.78, 5) is 23.0. The number of carboxylic acid groups (broad SMARTS) is 1. The number of aryl methyl sites for hydroxylation is 2. The number of hydrogen-bond donors (Lipinski definition) is 3. The zero-order valence-electron chi connectivity index (χ0n) is 13.1. The van der Waals surface area contributed by atoms with Gasteiger partial charge in [-0.15, -0.1) is 0 Å². The highest BCUT2D eigenvalue weighted by molar-refractivity contribution is 6.30. The van der Waals surface area contributed by atoms with E-state index in [2.05, 4.69) is 5.32 Å². The SMILES string of the molecule is Cc1cc(Cl)ccc1OCC(=O)Nc1cc(C)c(O)c(C(=O)O)c1. The van der Waals surface area contributed by atoms with Crippen LogP contribution >= 0.6 is 11.6 Å². The Balaban J connectivity index is 2.06. The van der Waals surface area contributed by atoms with Crippen LogP contribution in [0.5, 0.6) is 11.5 Å². The third kappa shape index (κ3) is 4.17. The fraction of sp³-hybridized carbons (Fsp3) is 0.176. The predicted molar refractivity (Wildman–Crippen MR) is 90.1 cm³/mol. The Morgan fingerprint density at radius 2 is 1.88 bits per heavy atom. The first-order valence-electron chi connectivity index (χ1n) is 7.03. The highest BCUT2D eigenvalue weighted by atomic mass is 35.5. The minimum Gasteiger partial charge on any atom is -0.507 e. The molecule has 0 aliphatic carbocycles. The Hall–Kier alpha value is -2.73. The number of aromatic hydroxyl groups is 1. The molecular weight excluding hydrogens is 334 g/mol. The van der Waals surface area contributed by atoms with Crippen molar-refractivity contribution in [2.24, 2.45) is 0 Å². The molecule has 2 rings (SSSR count). The smallest absolute Gasteiger partial charge is 0.339 e. The van der Waals surface area contributed by atoms with Crippen molar-refractivity contribution in [3.8, 4) is 11.5 Å². The minimum absolute atomic E-state index is 0.245. The molecule has 7 heteroatoms. The van der Waals surface area contributed by atoms with Crippen LogP contribution in [0.2, 0.25) is 5.02 Å². The molecule has 126 valence electrons. The number of hydrogen-bond acceptors (Lipinski definition) is 4. The number of aromatic carboxylic acids is 1. The van der Waals surface area contributed by atoms with E-state index < -0.39 is 11.9 Å². The van der Waals surface area contributed by atoms with E-state index in [1.54, 1.807) is 25.1 Å². The van der Waals surface area contributed by atoms with E-state index in [0.717, 1.165) is 5.56 Å². The second-order valence-electron chi connectivity index (χ2n) is 5.24. The van der Waals surface area contributed by atoms with Gasteiger partial charge in [-0.3, -0.25) is 4.79 Å². The largest absolute Gasteiger partial charge is 0.507 e. The lowest BCUT2D eigenvalue weighted by atomic mass is 10.1. The van der Waals surface area contributed by atoms with Crippen LogP contribution in [0.3, 0.4) is 0 Å². The molecule has 1 amide bonds. The van der Waals surface area contributed by atoms with Crippen molar-refractivity contribution in [3.63, 3.8) is 0 Å². The number of amides is 1. The van der Waals surface area contributed by atoms with Crippen LogP contribution < -0.4 is 10.1 Å². The normalized spacial score (nSPS) is 10.3. The van der Waals surface area contributed by atoms with Gasteiger partial charge in [0.25, 0.3) is 5.91 Å². The van der Waals surface area contributed by atoms with Gasteiger partial charge in [0.2, 0.25) is 0 Å². The number of rotatable bonds is 5. The maximum absolute atomic E-state index is 12.0. The van der Waals surface area contributed by atoms with Crippen LogP contribution in [0.25, 0.3) is 0 Å². The van der Waals surface area contributed by atoms with Crippen LogP contribution in [-0.4, -0.2) is 28.7 Å². The summed E-state index contributed by atoms with van der Waals surface area (Å²) >= 11 is 5.85. The van der Waals surface area contributed by atoms with E-state index in [1.807, 2.05) is 6.92 Å². The maximum Gasteiger partial charge on any atom is 0.339 e. The van der Waals surface area contributed by atoms with E-state index in [1.165, 1.54) is 12.1 Å². The van der Waals surface area contributed by atoms with E-state index in [9.17, 15) is 14.7 Å². The predicted octanol–water partition coefficient (Wildman–Crippen LogP) is 3.38. The van der Waals surface area contributed by atoms with Crippen LogP contribution in [0.15, 0.2) is 30.3 Å². The molecule has 0 aliphatic rings. The molecule has 0 atom stereocenters. The average Bonchev–Trinajstić information content (AvgIpc) is 2.49. The van der Waals surface area contributed by atoms with Crippen LogP contribution in [0.1, 0.15) is 21.5 Å². The van der Waals surface area contributed by atoms with Gasteiger partial charge >= 0.3 is 5.97 Å². The molecule has 0 bridgehead atoms. The molecule has 0 unspecified atom stereocenters. The first kappa shape index (κ1) is 17.6. The molecule has 0 saturated carbocycles. The Morgan fingerprint density at radius 1 is 1.17 bits per heavy atom. The van der Waals surface area contributed by atoms with Gasteiger partial charge in [0.1, 0.15) is 17.1 Å². The number of carboxylic acids is 1. The van der Waals surface area contributed by atoms with Crippen LogP contribution in [0.4, 0.5) is 5.69 Å².